The normalized spacial score (nSPS) is 10.7. The fourth-order valence-corrected chi connectivity index (χ4v) is 2.53. The third-order valence-corrected chi connectivity index (χ3v) is 3.63. The van der Waals surface area contributed by atoms with Gasteiger partial charge in [-0.2, -0.15) is 0 Å². The van der Waals surface area contributed by atoms with E-state index in [0.29, 0.717) is 28.4 Å². The quantitative estimate of drug-likeness (QED) is 0.437. The van der Waals surface area contributed by atoms with Gasteiger partial charge in [-0.1, -0.05) is 0 Å². The van der Waals surface area contributed by atoms with Crippen LogP contribution in [-0.4, -0.2) is 24.1 Å². The number of hydrogen-bond acceptors (Lipinski definition) is 5. The number of nitrogens with two attached hydrogens (primary N) is 1. The summed E-state index contributed by atoms with van der Waals surface area (Å²) in [6.45, 7) is 0. The molecular weight excluding hydrogens is 298 g/mol. The lowest BCUT2D eigenvalue weighted by Gasteiger charge is -2.06. The molecule has 23 heavy (non-hydrogen) atoms. The number of methoxy groups -OCH3 is 2. The van der Waals surface area contributed by atoms with Gasteiger partial charge in [0.15, 0.2) is 11.5 Å². The minimum atomic E-state index is -0.446. The number of nitrogens with one attached hydrogen (secondary N) is 1. The molecule has 3 aromatic rings. The van der Waals surface area contributed by atoms with Crippen LogP contribution in [0.2, 0.25) is 0 Å². The number of anilines is 1. The number of aromatic nitrogens is 1. The molecule has 0 fully saturated rings. The summed E-state index contributed by atoms with van der Waals surface area (Å²) in [4.78, 5) is 14.0. The van der Waals surface area contributed by atoms with E-state index in [1.807, 2.05) is 12.1 Å². The first-order chi connectivity index (χ1) is 11.0. The highest BCUT2D eigenvalue weighted by Gasteiger charge is 2.18. The number of fused-ring (bicyclic) bond motifs is 1. The highest BCUT2D eigenvalue weighted by atomic mass is 16.6. The van der Waals surface area contributed by atoms with Gasteiger partial charge in [-0.05, 0) is 24.3 Å². The maximum absolute atomic E-state index is 11.3. The monoisotopic (exact) mass is 313 g/mol. The number of aromatic amines is 1. The number of nitro groups is 1. The summed E-state index contributed by atoms with van der Waals surface area (Å²) in [6.07, 6.45) is 0. The van der Waals surface area contributed by atoms with Crippen molar-refractivity contribution in [3.63, 3.8) is 0 Å². The minimum absolute atomic E-state index is 0.0458. The van der Waals surface area contributed by atoms with Crippen molar-refractivity contribution in [2.24, 2.45) is 0 Å². The van der Waals surface area contributed by atoms with Crippen molar-refractivity contribution < 1.29 is 14.4 Å². The number of nitro benzene ring substituents is 1. The van der Waals surface area contributed by atoms with Crippen molar-refractivity contribution in [2.75, 3.05) is 20.0 Å². The number of nitrogen functional groups attached to an aromatic ring is 1. The molecule has 0 unspecified atom stereocenters. The Labute approximate surface area is 131 Å². The summed E-state index contributed by atoms with van der Waals surface area (Å²) in [7, 11) is 3.11. The molecule has 0 aliphatic heterocycles. The largest absolute Gasteiger partial charge is 0.493 e. The SMILES string of the molecule is COc1cc2cc(-c3ccc(N)cc3[N+](=O)[O-])[nH]c2cc1OC. The number of hydrogen-bond donors (Lipinski definition) is 2. The summed E-state index contributed by atoms with van der Waals surface area (Å²) < 4.78 is 10.5. The molecule has 1 aromatic heterocycles. The Balaban J connectivity index is 2.20. The first kappa shape index (κ1) is 14.7. The van der Waals surface area contributed by atoms with E-state index >= 15 is 0 Å². The Morgan fingerprint density at radius 3 is 2.43 bits per heavy atom. The van der Waals surface area contributed by atoms with E-state index in [2.05, 4.69) is 4.98 Å². The molecule has 3 rings (SSSR count). The second-order valence-corrected chi connectivity index (χ2v) is 5.01. The molecular formula is C16H15N3O4. The average molecular weight is 313 g/mol. The Kier molecular flexibility index (Phi) is 3.53. The number of benzene rings is 2. The molecule has 0 radical (unpaired) electrons. The van der Waals surface area contributed by atoms with Crippen LogP contribution in [0.5, 0.6) is 11.5 Å². The molecule has 0 bridgehead atoms. The van der Waals surface area contributed by atoms with Gasteiger partial charge in [0.25, 0.3) is 5.69 Å². The molecule has 0 spiro atoms. The van der Waals surface area contributed by atoms with Gasteiger partial charge in [-0.3, -0.25) is 10.1 Å². The lowest BCUT2D eigenvalue weighted by atomic mass is 10.1. The summed E-state index contributed by atoms with van der Waals surface area (Å²) >= 11 is 0. The zero-order valence-corrected chi connectivity index (χ0v) is 12.6. The van der Waals surface area contributed by atoms with Crippen LogP contribution in [0.1, 0.15) is 0 Å². The van der Waals surface area contributed by atoms with Crippen LogP contribution in [0.15, 0.2) is 36.4 Å². The van der Waals surface area contributed by atoms with Gasteiger partial charge < -0.3 is 20.2 Å². The van der Waals surface area contributed by atoms with Crippen molar-refractivity contribution >= 4 is 22.3 Å². The van der Waals surface area contributed by atoms with Gasteiger partial charge >= 0.3 is 0 Å². The van der Waals surface area contributed by atoms with Crippen LogP contribution in [0.4, 0.5) is 11.4 Å². The second-order valence-electron chi connectivity index (χ2n) is 5.01. The highest BCUT2D eigenvalue weighted by Crippen LogP contribution is 2.37. The summed E-state index contributed by atoms with van der Waals surface area (Å²) in [5.41, 5.74) is 7.84. The van der Waals surface area contributed by atoms with E-state index in [4.69, 9.17) is 15.2 Å². The van der Waals surface area contributed by atoms with Crippen molar-refractivity contribution in [1.82, 2.24) is 4.98 Å². The molecule has 7 heteroatoms. The third-order valence-electron chi connectivity index (χ3n) is 3.63. The molecule has 0 saturated heterocycles. The smallest absolute Gasteiger partial charge is 0.280 e. The summed E-state index contributed by atoms with van der Waals surface area (Å²) in [6, 6.07) is 10.1. The maximum Gasteiger partial charge on any atom is 0.280 e. The number of rotatable bonds is 4. The third kappa shape index (κ3) is 2.52. The highest BCUT2D eigenvalue weighted by molar-refractivity contribution is 5.90. The van der Waals surface area contributed by atoms with Crippen LogP contribution < -0.4 is 15.2 Å². The van der Waals surface area contributed by atoms with Crippen molar-refractivity contribution in [3.05, 3.63) is 46.5 Å². The average Bonchev–Trinajstić information content (AvgIpc) is 2.95. The molecule has 0 aliphatic carbocycles. The van der Waals surface area contributed by atoms with Crippen molar-refractivity contribution in [3.8, 4) is 22.8 Å². The zero-order valence-electron chi connectivity index (χ0n) is 12.6. The fraction of sp³-hybridized carbons (Fsp3) is 0.125. The lowest BCUT2D eigenvalue weighted by Crippen LogP contribution is -1.94. The molecule has 0 amide bonds. The number of nitrogens with zero attached hydrogens (tertiary/aromatic N) is 1. The van der Waals surface area contributed by atoms with E-state index < -0.39 is 4.92 Å². The molecule has 2 aromatic carbocycles. The molecule has 3 N–H and O–H groups in total. The number of ether oxygens (including phenoxy) is 2. The molecule has 118 valence electrons. The summed E-state index contributed by atoms with van der Waals surface area (Å²) in [5.74, 6) is 1.18. The van der Waals surface area contributed by atoms with Crippen LogP contribution in [0.3, 0.4) is 0 Å². The first-order valence-corrected chi connectivity index (χ1v) is 6.82. The Hall–Kier alpha value is -3.22. The van der Waals surface area contributed by atoms with E-state index in [1.165, 1.54) is 6.07 Å². The van der Waals surface area contributed by atoms with Gasteiger partial charge in [0.2, 0.25) is 0 Å². The molecule has 0 saturated carbocycles. The van der Waals surface area contributed by atoms with Gasteiger partial charge in [0, 0.05) is 28.7 Å². The van der Waals surface area contributed by atoms with Crippen LogP contribution in [0.25, 0.3) is 22.2 Å². The predicted octanol–water partition coefficient (Wildman–Crippen LogP) is 3.34. The standard InChI is InChI=1S/C16H15N3O4/c1-22-15-6-9-5-13(18-12(9)8-16(15)23-2)11-4-3-10(17)7-14(11)19(20)21/h3-8,18H,17H2,1-2H3. The zero-order chi connectivity index (χ0) is 16.6. The van der Waals surface area contributed by atoms with Gasteiger partial charge in [0.05, 0.1) is 30.4 Å². The molecule has 0 atom stereocenters. The topological polar surface area (TPSA) is 103 Å². The Bertz CT molecular complexity index is 861. The van der Waals surface area contributed by atoms with Crippen molar-refractivity contribution in [1.29, 1.82) is 0 Å². The predicted molar refractivity (Wildman–Crippen MR) is 87.9 cm³/mol. The van der Waals surface area contributed by atoms with E-state index in [9.17, 15) is 10.1 Å². The first-order valence-electron chi connectivity index (χ1n) is 6.82. The summed E-state index contributed by atoms with van der Waals surface area (Å²) in [5, 5.41) is 12.1. The molecule has 0 aliphatic rings. The van der Waals surface area contributed by atoms with Crippen molar-refractivity contribution in [2.45, 2.75) is 0 Å². The number of H-pyrrole nitrogens is 1. The van der Waals surface area contributed by atoms with Gasteiger partial charge in [-0.15, -0.1) is 0 Å². The van der Waals surface area contributed by atoms with E-state index in [-0.39, 0.29) is 5.69 Å². The van der Waals surface area contributed by atoms with E-state index in [0.717, 1.165) is 10.9 Å². The van der Waals surface area contributed by atoms with Gasteiger partial charge in [0.1, 0.15) is 0 Å². The van der Waals surface area contributed by atoms with Crippen LogP contribution >= 0.6 is 0 Å². The van der Waals surface area contributed by atoms with Gasteiger partial charge in [-0.25, -0.2) is 0 Å². The maximum atomic E-state index is 11.3. The van der Waals surface area contributed by atoms with E-state index in [1.54, 1.807) is 32.4 Å². The minimum Gasteiger partial charge on any atom is -0.493 e. The van der Waals surface area contributed by atoms with Crippen LogP contribution in [-0.2, 0) is 0 Å². The van der Waals surface area contributed by atoms with Crippen LogP contribution in [0, 0.1) is 10.1 Å². The lowest BCUT2D eigenvalue weighted by molar-refractivity contribution is -0.384. The molecule has 1 heterocycles. The molecule has 7 nitrogen and oxygen atoms in total. The fourth-order valence-electron chi connectivity index (χ4n) is 2.53. The Morgan fingerprint density at radius 2 is 1.78 bits per heavy atom. The Morgan fingerprint density at radius 1 is 1.09 bits per heavy atom. The second kappa shape index (κ2) is 5.53.